The van der Waals surface area contributed by atoms with Crippen LogP contribution in [-0.2, 0) is 0 Å². The van der Waals surface area contributed by atoms with E-state index in [1.807, 2.05) is 12.1 Å². The average Bonchev–Trinajstić information content (AvgIpc) is 3.19. The van der Waals surface area contributed by atoms with Crippen LogP contribution in [0.2, 0.25) is 5.02 Å². The quantitative estimate of drug-likeness (QED) is 0.886. The lowest BCUT2D eigenvalue weighted by atomic mass is 10.0. The Balaban J connectivity index is 0.00000133. The number of benzene rings is 2. The average molecular weight is 294 g/mol. The zero-order valence-electron chi connectivity index (χ0n) is 10.6. The van der Waals surface area contributed by atoms with Crippen molar-refractivity contribution >= 4 is 24.0 Å². The fraction of sp³-hybridized carbons (Fsp3) is 0.250. The van der Waals surface area contributed by atoms with Crippen LogP contribution in [0.4, 0.5) is 0 Å². The first kappa shape index (κ1) is 14.4. The van der Waals surface area contributed by atoms with Crippen LogP contribution in [0.15, 0.2) is 48.5 Å². The minimum Gasteiger partial charge on any atom is -0.330 e. The van der Waals surface area contributed by atoms with E-state index < -0.39 is 0 Å². The van der Waals surface area contributed by atoms with Crippen molar-refractivity contribution in [2.24, 2.45) is 11.7 Å². The summed E-state index contributed by atoms with van der Waals surface area (Å²) in [5, 5.41) is 0.777. The molecule has 0 aliphatic heterocycles. The van der Waals surface area contributed by atoms with E-state index >= 15 is 0 Å². The summed E-state index contributed by atoms with van der Waals surface area (Å²) >= 11 is 5.89. The fourth-order valence-corrected chi connectivity index (χ4v) is 2.61. The highest BCUT2D eigenvalue weighted by Crippen LogP contribution is 2.46. The molecule has 1 nitrogen and oxygen atoms in total. The maximum absolute atomic E-state index is 5.89. The summed E-state index contributed by atoms with van der Waals surface area (Å²) in [6, 6.07) is 16.8. The van der Waals surface area contributed by atoms with Gasteiger partial charge in [0.25, 0.3) is 0 Å². The van der Waals surface area contributed by atoms with E-state index in [1.165, 1.54) is 23.1 Å². The second-order valence-corrected chi connectivity index (χ2v) is 5.40. The van der Waals surface area contributed by atoms with Crippen LogP contribution >= 0.6 is 24.0 Å². The van der Waals surface area contributed by atoms with E-state index in [9.17, 15) is 0 Å². The lowest BCUT2D eigenvalue weighted by molar-refractivity contribution is 0.810. The summed E-state index contributed by atoms with van der Waals surface area (Å²) in [6.45, 7) is 0.809. The Morgan fingerprint density at radius 2 is 1.47 bits per heavy atom. The van der Waals surface area contributed by atoms with Gasteiger partial charge in [0.2, 0.25) is 0 Å². The van der Waals surface area contributed by atoms with Gasteiger partial charge in [-0.25, -0.2) is 0 Å². The molecule has 0 unspecified atom stereocenters. The van der Waals surface area contributed by atoms with E-state index in [4.69, 9.17) is 17.3 Å². The summed E-state index contributed by atoms with van der Waals surface area (Å²) < 4.78 is 0. The second-order valence-electron chi connectivity index (χ2n) is 4.97. The minimum atomic E-state index is 0. The molecule has 0 heterocycles. The molecular weight excluding hydrogens is 277 g/mol. The Hall–Kier alpha value is -1.02. The van der Waals surface area contributed by atoms with Gasteiger partial charge in [0.15, 0.2) is 0 Å². The van der Waals surface area contributed by atoms with E-state index in [2.05, 4.69) is 36.4 Å². The fourth-order valence-electron chi connectivity index (χ4n) is 2.48. The minimum absolute atomic E-state index is 0. The van der Waals surface area contributed by atoms with Crippen LogP contribution in [0.25, 0.3) is 11.1 Å². The van der Waals surface area contributed by atoms with Crippen LogP contribution in [0.5, 0.6) is 0 Å². The van der Waals surface area contributed by atoms with E-state index in [1.54, 1.807) is 0 Å². The number of hydrogen-bond acceptors (Lipinski definition) is 1. The van der Waals surface area contributed by atoms with Gasteiger partial charge in [-0.2, -0.15) is 0 Å². The third-order valence-electron chi connectivity index (χ3n) is 3.74. The Morgan fingerprint density at radius 3 is 1.95 bits per heavy atom. The molecule has 0 aromatic heterocycles. The molecule has 2 aromatic carbocycles. The first-order valence-corrected chi connectivity index (χ1v) is 6.71. The normalized spacial score (nSPS) is 20.7. The zero-order chi connectivity index (χ0) is 12.5. The second kappa shape index (κ2) is 5.96. The van der Waals surface area contributed by atoms with E-state index in [0.29, 0.717) is 11.8 Å². The molecule has 19 heavy (non-hydrogen) atoms. The van der Waals surface area contributed by atoms with Gasteiger partial charge in [-0.1, -0.05) is 48.0 Å². The molecule has 2 aromatic rings. The van der Waals surface area contributed by atoms with Crippen molar-refractivity contribution in [3.05, 3.63) is 59.1 Å². The molecule has 3 heteroatoms. The van der Waals surface area contributed by atoms with Crippen LogP contribution in [-0.4, -0.2) is 6.54 Å². The maximum atomic E-state index is 5.89. The predicted molar refractivity (Wildman–Crippen MR) is 84.0 cm³/mol. The third kappa shape index (κ3) is 3.11. The predicted octanol–water partition coefficient (Wildman–Crippen LogP) is 4.49. The van der Waals surface area contributed by atoms with Crippen molar-refractivity contribution in [3.63, 3.8) is 0 Å². The summed E-state index contributed by atoms with van der Waals surface area (Å²) in [5.41, 5.74) is 9.55. The van der Waals surface area contributed by atoms with Crippen molar-refractivity contribution in [2.45, 2.75) is 12.3 Å². The molecule has 0 bridgehead atoms. The standard InChI is InChI=1S/C16H16ClN.ClH/c17-15-7-5-12(6-8-15)11-1-3-13(4-2-11)16-9-14(16)10-18;/h1-8,14,16H,9-10,18H2;1H/t14-,16-;/m0./s1. The molecule has 1 fully saturated rings. The van der Waals surface area contributed by atoms with Gasteiger partial charge in [-0.3, -0.25) is 0 Å². The highest BCUT2D eigenvalue weighted by atomic mass is 35.5. The Kier molecular flexibility index (Phi) is 4.51. The summed E-state index contributed by atoms with van der Waals surface area (Å²) in [6.07, 6.45) is 1.25. The lowest BCUT2D eigenvalue weighted by Crippen LogP contribution is -2.01. The van der Waals surface area contributed by atoms with Gasteiger partial charge >= 0.3 is 0 Å². The van der Waals surface area contributed by atoms with E-state index in [-0.39, 0.29) is 12.4 Å². The number of nitrogens with two attached hydrogens (primary N) is 1. The summed E-state index contributed by atoms with van der Waals surface area (Å²) in [5.74, 6) is 1.39. The molecule has 1 aliphatic carbocycles. The number of rotatable bonds is 3. The molecule has 3 rings (SSSR count). The molecular formula is C16H17Cl2N. The van der Waals surface area contributed by atoms with Crippen LogP contribution < -0.4 is 5.73 Å². The molecule has 0 amide bonds. The highest BCUT2D eigenvalue weighted by Gasteiger charge is 2.36. The van der Waals surface area contributed by atoms with Crippen molar-refractivity contribution in [1.29, 1.82) is 0 Å². The highest BCUT2D eigenvalue weighted by molar-refractivity contribution is 6.30. The Morgan fingerprint density at radius 1 is 0.947 bits per heavy atom. The van der Waals surface area contributed by atoms with Crippen LogP contribution in [0.3, 0.4) is 0 Å². The molecule has 100 valence electrons. The SMILES string of the molecule is Cl.NC[C@@H]1C[C@H]1c1ccc(-c2ccc(Cl)cc2)cc1. The van der Waals surface area contributed by atoms with Crippen molar-refractivity contribution < 1.29 is 0 Å². The van der Waals surface area contributed by atoms with Gasteiger partial charge in [-0.15, -0.1) is 12.4 Å². The van der Waals surface area contributed by atoms with Gasteiger partial charge in [-0.05, 0) is 53.6 Å². The monoisotopic (exact) mass is 293 g/mol. The lowest BCUT2D eigenvalue weighted by Gasteiger charge is -2.04. The first-order chi connectivity index (χ1) is 8.78. The molecule has 2 N–H and O–H groups in total. The van der Waals surface area contributed by atoms with Crippen molar-refractivity contribution in [1.82, 2.24) is 0 Å². The molecule has 2 atom stereocenters. The largest absolute Gasteiger partial charge is 0.330 e. The van der Waals surface area contributed by atoms with Crippen LogP contribution in [0, 0.1) is 5.92 Å². The number of hydrogen-bond donors (Lipinski definition) is 1. The summed E-state index contributed by atoms with van der Waals surface area (Å²) in [4.78, 5) is 0. The van der Waals surface area contributed by atoms with Crippen molar-refractivity contribution in [3.8, 4) is 11.1 Å². The number of halogens is 2. The van der Waals surface area contributed by atoms with Gasteiger partial charge < -0.3 is 5.73 Å². The molecule has 0 saturated heterocycles. The van der Waals surface area contributed by atoms with Crippen molar-refractivity contribution in [2.75, 3.05) is 6.54 Å². The van der Waals surface area contributed by atoms with Gasteiger partial charge in [0.05, 0.1) is 0 Å². The maximum Gasteiger partial charge on any atom is 0.0406 e. The Bertz CT molecular complexity index is 534. The van der Waals surface area contributed by atoms with E-state index in [0.717, 1.165) is 11.6 Å². The molecule has 0 radical (unpaired) electrons. The van der Waals surface area contributed by atoms with Gasteiger partial charge in [0, 0.05) is 5.02 Å². The summed E-state index contributed by atoms with van der Waals surface area (Å²) in [7, 11) is 0. The smallest absolute Gasteiger partial charge is 0.0406 e. The molecule has 0 spiro atoms. The topological polar surface area (TPSA) is 26.0 Å². The molecule has 1 saturated carbocycles. The van der Waals surface area contributed by atoms with Gasteiger partial charge in [0.1, 0.15) is 0 Å². The third-order valence-corrected chi connectivity index (χ3v) is 3.99. The zero-order valence-corrected chi connectivity index (χ0v) is 12.1. The Labute approximate surface area is 125 Å². The van der Waals surface area contributed by atoms with Crippen LogP contribution in [0.1, 0.15) is 17.9 Å². The molecule has 1 aliphatic rings. The first-order valence-electron chi connectivity index (χ1n) is 6.34.